The maximum atomic E-state index is 5.98. The number of thioether (sulfide) groups is 1. The van der Waals surface area contributed by atoms with Crippen LogP contribution in [0.3, 0.4) is 0 Å². The molecule has 0 saturated carbocycles. The number of aromatic nitrogens is 1. The standard InChI is InChI=1S/C13H16N2S2/c1-9-3-4-13(11(14)7-9)16-6-5-12-10(2)15-8-17-12/h3-4,7-8H,5-6,14H2,1-2H3. The van der Waals surface area contributed by atoms with E-state index >= 15 is 0 Å². The van der Waals surface area contributed by atoms with Crippen molar-refractivity contribution >= 4 is 28.8 Å². The van der Waals surface area contributed by atoms with Crippen LogP contribution in [0, 0.1) is 13.8 Å². The predicted molar refractivity (Wildman–Crippen MR) is 76.9 cm³/mol. The van der Waals surface area contributed by atoms with Crippen LogP contribution < -0.4 is 5.73 Å². The Morgan fingerprint density at radius 2 is 2.18 bits per heavy atom. The fourth-order valence-electron chi connectivity index (χ4n) is 1.62. The molecule has 2 rings (SSSR count). The van der Waals surface area contributed by atoms with Crippen LogP contribution in [0.2, 0.25) is 0 Å². The van der Waals surface area contributed by atoms with Crippen LogP contribution in [0.4, 0.5) is 5.69 Å². The lowest BCUT2D eigenvalue weighted by Gasteiger charge is -2.05. The van der Waals surface area contributed by atoms with Crippen molar-refractivity contribution < 1.29 is 0 Å². The number of benzene rings is 1. The number of nitrogens with two attached hydrogens (primary N) is 1. The van der Waals surface area contributed by atoms with E-state index in [1.54, 1.807) is 11.3 Å². The molecule has 4 heteroatoms. The van der Waals surface area contributed by atoms with E-state index < -0.39 is 0 Å². The lowest BCUT2D eigenvalue weighted by Crippen LogP contribution is -1.92. The van der Waals surface area contributed by atoms with E-state index in [1.165, 1.54) is 15.3 Å². The summed E-state index contributed by atoms with van der Waals surface area (Å²) in [4.78, 5) is 6.81. The summed E-state index contributed by atoms with van der Waals surface area (Å²) >= 11 is 3.55. The van der Waals surface area contributed by atoms with Crippen molar-refractivity contribution in [1.29, 1.82) is 0 Å². The Morgan fingerprint density at radius 1 is 1.35 bits per heavy atom. The van der Waals surface area contributed by atoms with Gasteiger partial charge in [-0.15, -0.1) is 23.1 Å². The van der Waals surface area contributed by atoms with Gasteiger partial charge in [0.25, 0.3) is 0 Å². The van der Waals surface area contributed by atoms with Gasteiger partial charge in [-0.25, -0.2) is 4.98 Å². The number of nitrogen functional groups attached to an aromatic ring is 1. The molecule has 0 aliphatic rings. The molecular formula is C13H16N2S2. The third-order valence-electron chi connectivity index (χ3n) is 2.60. The van der Waals surface area contributed by atoms with E-state index in [2.05, 4.69) is 31.0 Å². The highest BCUT2D eigenvalue weighted by atomic mass is 32.2. The summed E-state index contributed by atoms with van der Waals surface area (Å²) < 4.78 is 0. The summed E-state index contributed by atoms with van der Waals surface area (Å²) in [5.41, 5.74) is 11.2. The number of anilines is 1. The Balaban J connectivity index is 1.92. The van der Waals surface area contributed by atoms with Gasteiger partial charge in [0.1, 0.15) is 0 Å². The zero-order valence-electron chi connectivity index (χ0n) is 10.1. The molecule has 0 saturated heterocycles. The topological polar surface area (TPSA) is 38.9 Å². The predicted octanol–water partition coefficient (Wildman–Crippen LogP) is 3.68. The highest BCUT2D eigenvalue weighted by Gasteiger charge is 2.03. The number of thiazole rings is 1. The van der Waals surface area contributed by atoms with Crippen LogP contribution >= 0.6 is 23.1 Å². The van der Waals surface area contributed by atoms with E-state index in [4.69, 9.17) is 5.73 Å². The van der Waals surface area contributed by atoms with Crippen LogP contribution in [0.15, 0.2) is 28.6 Å². The maximum absolute atomic E-state index is 5.98. The van der Waals surface area contributed by atoms with Crippen molar-refractivity contribution in [2.45, 2.75) is 25.2 Å². The lowest BCUT2D eigenvalue weighted by atomic mass is 10.2. The second-order valence-corrected chi connectivity index (χ2v) is 6.08. The Kier molecular flexibility index (Phi) is 4.07. The fourth-order valence-corrected chi connectivity index (χ4v) is 3.45. The average molecular weight is 264 g/mol. The minimum Gasteiger partial charge on any atom is -0.398 e. The quantitative estimate of drug-likeness (QED) is 0.676. The molecule has 1 aromatic carbocycles. The van der Waals surface area contributed by atoms with Gasteiger partial charge in [-0.05, 0) is 38.0 Å². The molecule has 2 aromatic rings. The van der Waals surface area contributed by atoms with Crippen molar-refractivity contribution in [2.24, 2.45) is 0 Å². The number of hydrogen-bond donors (Lipinski definition) is 1. The normalized spacial score (nSPS) is 10.7. The smallest absolute Gasteiger partial charge is 0.0797 e. The van der Waals surface area contributed by atoms with Crippen molar-refractivity contribution in [3.05, 3.63) is 39.8 Å². The molecule has 17 heavy (non-hydrogen) atoms. The van der Waals surface area contributed by atoms with Crippen molar-refractivity contribution in [1.82, 2.24) is 4.98 Å². The van der Waals surface area contributed by atoms with E-state index in [0.29, 0.717) is 0 Å². The van der Waals surface area contributed by atoms with Crippen LogP contribution in [-0.4, -0.2) is 10.7 Å². The molecule has 0 radical (unpaired) electrons. The first-order chi connectivity index (χ1) is 8.16. The minimum absolute atomic E-state index is 0.885. The molecule has 2 nitrogen and oxygen atoms in total. The Labute approximate surface area is 110 Å². The van der Waals surface area contributed by atoms with Crippen LogP contribution in [-0.2, 0) is 6.42 Å². The van der Waals surface area contributed by atoms with Gasteiger partial charge in [-0.2, -0.15) is 0 Å². The summed E-state index contributed by atoms with van der Waals surface area (Å²) in [6.45, 7) is 4.13. The highest BCUT2D eigenvalue weighted by molar-refractivity contribution is 7.99. The number of aryl methyl sites for hydroxylation is 3. The molecule has 1 aromatic heterocycles. The van der Waals surface area contributed by atoms with Gasteiger partial charge in [-0.3, -0.25) is 0 Å². The molecule has 0 amide bonds. The van der Waals surface area contributed by atoms with Gasteiger partial charge in [0.15, 0.2) is 0 Å². The zero-order chi connectivity index (χ0) is 12.3. The first-order valence-corrected chi connectivity index (χ1v) is 7.41. The SMILES string of the molecule is Cc1ccc(SCCc2scnc2C)c(N)c1. The second kappa shape index (κ2) is 5.56. The van der Waals surface area contributed by atoms with Gasteiger partial charge in [0.05, 0.1) is 11.2 Å². The molecule has 2 N–H and O–H groups in total. The fraction of sp³-hybridized carbons (Fsp3) is 0.308. The van der Waals surface area contributed by atoms with Gasteiger partial charge in [0.2, 0.25) is 0 Å². The zero-order valence-corrected chi connectivity index (χ0v) is 11.7. The van der Waals surface area contributed by atoms with Crippen molar-refractivity contribution in [2.75, 3.05) is 11.5 Å². The molecule has 0 fully saturated rings. The number of rotatable bonds is 4. The molecular weight excluding hydrogens is 248 g/mol. The summed E-state index contributed by atoms with van der Waals surface area (Å²) in [5, 5.41) is 0. The second-order valence-electron chi connectivity index (χ2n) is 4.00. The maximum Gasteiger partial charge on any atom is 0.0797 e. The first kappa shape index (κ1) is 12.5. The van der Waals surface area contributed by atoms with Crippen molar-refractivity contribution in [3.8, 4) is 0 Å². The third-order valence-corrected chi connectivity index (χ3v) is 4.68. The number of nitrogens with zero attached hydrogens (tertiary/aromatic N) is 1. The van der Waals surface area contributed by atoms with E-state index in [0.717, 1.165) is 23.6 Å². The van der Waals surface area contributed by atoms with E-state index in [-0.39, 0.29) is 0 Å². The minimum atomic E-state index is 0.885. The highest BCUT2D eigenvalue weighted by Crippen LogP contribution is 2.27. The monoisotopic (exact) mass is 264 g/mol. The molecule has 0 aliphatic carbocycles. The largest absolute Gasteiger partial charge is 0.398 e. The summed E-state index contributed by atoms with van der Waals surface area (Å²) in [6, 6.07) is 6.24. The third kappa shape index (κ3) is 3.23. The van der Waals surface area contributed by atoms with Crippen molar-refractivity contribution in [3.63, 3.8) is 0 Å². The molecule has 0 unspecified atom stereocenters. The van der Waals surface area contributed by atoms with Crippen LogP contribution in [0.5, 0.6) is 0 Å². The summed E-state index contributed by atoms with van der Waals surface area (Å²) in [6.07, 6.45) is 1.06. The Hall–Kier alpha value is -1.00. The van der Waals surface area contributed by atoms with Gasteiger partial charge in [0, 0.05) is 21.2 Å². The molecule has 90 valence electrons. The van der Waals surface area contributed by atoms with Crippen LogP contribution in [0.1, 0.15) is 16.1 Å². The van der Waals surface area contributed by atoms with Crippen LogP contribution in [0.25, 0.3) is 0 Å². The Bertz CT molecular complexity index is 506. The van der Waals surface area contributed by atoms with E-state index in [1.807, 2.05) is 23.3 Å². The van der Waals surface area contributed by atoms with Gasteiger partial charge in [-0.1, -0.05) is 6.07 Å². The van der Waals surface area contributed by atoms with Gasteiger partial charge < -0.3 is 5.73 Å². The number of hydrogen-bond acceptors (Lipinski definition) is 4. The molecule has 0 bridgehead atoms. The van der Waals surface area contributed by atoms with Gasteiger partial charge >= 0.3 is 0 Å². The lowest BCUT2D eigenvalue weighted by molar-refractivity contribution is 1.12. The average Bonchev–Trinajstić information content (AvgIpc) is 2.68. The molecule has 0 spiro atoms. The first-order valence-electron chi connectivity index (χ1n) is 5.54. The molecule has 0 aliphatic heterocycles. The summed E-state index contributed by atoms with van der Waals surface area (Å²) in [7, 11) is 0. The summed E-state index contributed by atoms with van der Waals surface area (Å²) in [5.74, 6) is 1.05. The molecule has 1 heterocycles. The van der Waals surface area contributed by atoms with E-state index in [9.17, 15) is 0 Å². The Morgan fingerprint density at radius 3 is 2.82 bits per heavy atom. The molecule has 0 atom stereocenters.